The summed E-state index contributed by atoms with van der Waals surface area (Å²) >= 11 is 0. The number of carbonyl (C=O) groups is 1. The van der Waals surface area contributed by atoms with Crippen LogP contribution < -0.4 is 4.90 Å². The molecule has 1 amide bonds. The number of hydrogen-bond donors (Lipinski definition) is 0. The summed E-state index contributed by atoms with van der Waals surface area (Å²) in [5.74, 6) is -0.247. The summed E-state index contributed by atoms with van der Waals surface area (Å²) in [7, 11) is 1.69. The molecule has 174 valence electrons. The third-order valence-corrected chi connectivity index (χ3v) is 5.74. The lowest BCUT2D eigenvalue weighted by molar-refractivity contribution is -0.137. The first kappa shape index (κ1) is 22.8. The highest BCUT2D eigenvalue weighted by molar-refractivity contribution is 5.95. The highest BCUT2D eigenvalue weighted by Gasteiger charge is 2.31. The van der Waals surface area contributed by atoms with E-state index >= 15 is 0 Å². The van der Waals surface area contributed by atoms with Crippen LogP contribution in [0.3, 0.4) is 0 Å². The average Bonchev–Trinajstić information content (AvgIpc) is 3.20. The minimum atomic E-state index is -4.45. The van der Waals surface area contributed by atoms with Gasteiger partial charge in [0.05, 0.1) is 41.9 Å². The van der Waals surface area contributed by atoms with Crippen LogP contribution in [0.1, 0.15) is 27.2 Å². The largest absolute Gasteiger partial charge is 0.416 e. The highest BCUT2D eigenvalue weighted by Crippen LogP contribution is 2.30. The Morgan fingerprint density at radius 3 is 2.45 bits per heavy atom. The van der Waals surface area contributed by atoms with Gasteiger partial charge in [0, 0.05) is 32.4 Å². The van der Waals surface area contributed by atoms with Crippen LogP contribution in [0.25, 0.3) is 5.69 Å². The first-order chi connectivity index (χ1) is 15.7. The topological polar surface area (TPSA) is 50.6 Å². The molecule has 1 aromatic heterocycles. The smallest absolute Gasteiger partial charge is 0.378 e. The third kappa shape index (κ3) is 5.03. The quantitative estimate of drug-likeness (QED) is 0.572. The second-order valence-electron chi connectivity index (χ2n) is 8.03. The van der Waals surface area contributed by atoms with Crippen molar-refractivity contribution in [3.05, 3.63) is 77.1 Å². The molecule has 0 saturated carbocycles. The molecule has 3 aromatic rings. The summed E-state index contributed by atoms with van der Waals surface area (Å²) in [6.45, 7) is 5.21. The van der Waals surface area contributed by atoms with Gasteiger partial charge in [-0.1, -0.05) is 18.2 Å². The zero-order valence-corrected chi connectivity index (χ0v) is 18.5. The van der Waals surface area contributed by atoms with E-state index in [1.54, 1.807) is 18.9 Å². The van der Waals surface area contributed by atoms with Crippen molar-refractivity contribution in [2.45, 2.75) is 19.6 Å². The molecule has 2 aromatic carbocycles. The number of hydrogen-bond acceptors (Lipinski definition) is 4. The monoisotopic (exact) mass is 458 g/mol. The number of amides is 1. The Morgan fingerprint density at radius 1 is 1.09 bits per heavy atom. The first-order valence-corrected chi connectivity index (χ1v) is 10.6. The van der Waals surface area contributed by atoms with E-state index in [1.165, 1.54) is 23.0 Å². The maximum absolute atomic E-state index is 13.1. The van der Waals surface area contributed by atoms with Gasteiger partial charge in [0.2, 0.25) is 0 Å². The minimum Gasteiger partial charge on any atom is -0.378 e. The molecule has 0 spiro atoms. The molecule has 33 heavy (non-hydrogen) atoms. The van der Waals surface area contributed by atoms with Gasteiger partial charge in [-0.2, -0.15) is 18.3 Å². The van der Waals surface area contributed by atoms with Crippen LogP contribution in [0.5, 0.6) is 0 Å². The Kier molecular flexibility index (Phi) is 6.42. The van der Waals surface area contributed by atoms with E-state index in [2.05, 4.69) is 10.00 Å². The number of halogens is 3. The molecule has 6 nitrogen and oxygen atoms in total. The molecule has 0 atom stereocenters. The summed E-state index contributed by atoms with van der Waals surface area (Å²) in [5, 5.41) is 4.17. The predicted octanol–water partition coefficient (Wildman–Crippen LogP) is 4.31. The Balaban J connectivity index is 1.47. The molecule has 0 N–H and O–H groups in total. The van der Waals surface area contributed by atoms with Crippen molar-refractivity contribution in [3.8, 4) is 5.69 Å². The van der Waals surface area contributed by atoms with Crippen molar-refractivity contribution in [2.75, 3.05) is 38.3 Å². The zero-order valence-electron chi connectivity index (χ0n) is 18.5. The van der Waals surface area contributed by atoms with Crippen LogP contribution in [0.15, 0.2) is 54.7 Å². The van der Waals surface area contributed by atoms with E-state index < -0.39 is 11.7 Å². The zero-order chi connectivity index (χ0) is 23.6. The lowest BCUT2D eigenvalue weighted by atomic mass is 10.1. The number of carbonyl (C=O) groups excluding carboxylic acids is 1. The molecule has 1 aliphatic heterocycles. The van der Waals surface area contributed by atoms with Gasteiger partial charge in [-0.25, -0.2) is 4.68 Å². The fourth-order valence-corrected chi connectivity index (χ4v) is 3.88. The first-order valence-electron chi connectivity index (χ1n) is 10.6. The minimum absolute atomic E-state index is 0.247. The van der Waals surface area contributed by atoms with Crippen molar-refractivity contribution >= 4 is 11.6 Å². The number of ether oxygens (including phenoxy) is 1. The summed E-state index contributed by atoms with van der Waals surface area (Å²) in [5.41, 5.74) is 2.41. The summed E-state index contributed by atoms with van der Waals surface area (Å²) < 4.78 is 45.9. The normalized spacial score (nSPS) is 14.4. The van der Waals surface area contributed by atoms with Crippen molar-refractivity contribution in [1.82, 2.24) is 14.7 Å². The predicted molar refractivity (Wildman–Crippen MR) is 119 cm³/mol. The number of alkyl halides is 3. The molecule has 4 rings (SSSR count). The van der Waals surface area contributed by atoms with Crippen molar-refractivity contribution in [2.24, 2.45) is 0 Å². The van der Waals surface area contributed by atoms with Gasteiger partial charge in [0.1, 0.15) is 0 Å². The third-order valence-electron chi connectivity index (χ3n) is 5.74. The maximum atomic E-state index is 13.1. The van der Waals surface area contributed by atoms with Gasteiger partial charge in [-0.05, 0) is 42.8 Å². The Hall–Kier alpha value is -3.33. The second-order valence-corrected chi connectivity index (χ2v) is 8.03. The molecule has 1 saturated heterocycles. The lowest BCUT2D eigenvalue weighted by Crippen LogP contribution is -2.36. The van der Waals surface area contributed by atoms with Crippen molar-refractivity contribution in [1.29, 1.82) is 0 Å². The highest BCUT2D eigenvalue weighted by atomic mass is 19.4. The number of nitrogens with zero attached hydrogens (tertiary/aromatic N) is 4. The standard InChI is InChI=1S/C24H25F3N4O2/c1-17-22(15-28-31(17)21-5-3-4-19(14-21)24(25,26)27)23(32)29(2)16-18-6-8-20(9-7-18)30-10-12-33-13-11-30/h3-9,14-15H,10-13,16H2,1-2H3. The molecule has 2 heterocycles. The van der Waals surface area contributed by atoms with E-state index in [0.29, 0.717) is 31.0 Å². The van der Waals surface area contributed by atoms with E-state index in [4.69, 9.17) is 4.74 Å². The molecular formula is C24H25F3N4O2. The SMILES string of the molecule is Cc1c(C(=O)N(C)Cc2ccc(N3CCOCC3)cc2)cnn1-c1cccc(C(F)(F)F)c1. The van der Waals surface area contributed by atoms with E-state index in [9.17, 15) is 18.0 Å². The summed E-state index contributed by atoms with van der Waals surface area (Å²) in [6, 6.07) is 12.9. The van der Waals surface area contributed by atoms with E-state index in [-0.39, 0.29) is 11.6 Å². The molecule has 1 fully saturated rings. The van der Waals surface area contributed by atoms with Crippen LogP contribution in [-0.4, -0.2) is 53.9 Å². The second kappa shape index (κ2) is 9.27. The molecule has 0 bridgehead atoms. The van der Waals surface area contributed by atoms with E-state index in [0.717, 1.165) is 36.5 Å². The van der Waals surface area contributed by atoms with Crippen molar-refractivity contribution < 1.29 is 22.7 Å². The van der Waals surface area contributed by atoms with Crippen LogP contribution in [0.2, 0.25) is 0 Å². The number of benzene rings is 2. The molecular weight excluding hydrogens is 433 g/mol. The fourth-order valence-electron chi connectivity index (χ4n) is 3.88. The summed E-state index contributed by atoms with van der Waals surface area (Å²) in [6.07, 6.45) is -3.05. The van der Waals surface area contributed by atoms with Gasteiger partial charge in [-0.15, -0.1) is 0 Å². The Labute approximate surface area is 190 Å². The average molecular weight is 458 g/mol. The van der Waals surface area contributed by atoms with Gasteiger partial charge < -0.3 is 14.5 Å². The van der Waals surface area contributed by atoms with Gasteiger partial charge in [-0.3, -0.25) is 4.79 Å². The summed E-state index contributed by atoms with van der Waals surface area (Å²) in [4.78, 5) is 16.9. The molecule has 9 heteroatoms. The molecule has 1 aliphatic rings. The number of aromatic nitrogens is 2. The molecule has 0 aliphatic carbocycles. The molecule has 0 unspecified atom stereocenters. The lowest BCUT2D eigenvalue weighted by Gasteiger charge is -2.29. The van der Waals surface area contributed by atoms with Crippen LogP contribution in [0, 0.1) is 6.92 Å². The van der Waals surface area contributed by atoms with Gasteiger partial charge in [0.25, 0.3) is 5.91 Å². The number of anilines is 1. The van der Waals surface area contributed by atoms with Crippen molar-refractivity contribution in [3.63, 3.8) is 0 Å². The Morgan fingerprint density at radius 2 is 1.79 bits per heavy atom. The molecule has 0 radical (unpaired) electrons. The van der Waals surface area contributed by atoms with E-state index in [1.807, 2.05) is 24.3 Å². The van der Waals surface area contributed by atoms with Gasteiger partial charge in [0.15, 0.2) is 0 Å². The Bertz CT molecular complexity index is 1120. The van der Waals surface area contributed by atoms with Gasteiger partial charge >= 0.3 is 6.18 Å². The number of morpholine rings is 1. The van der Waals surface area contributed by atoms with Crippen LogP contribution in [-0.2, 0) is 17.5 Å². The van der Waals surface area contributed by atoms with Crippen LogP contribution >= 0.6 is 0 Å². The van der Waals surface area contributed by atoms with Crippen LogP contribution in [0.4, 0.5) is 18.9 Å². The maximum Gasteiger partial charge on any atom is 0.416 e. The fraction of sp³-hybridized carbons (Fsp3) is 0.333. The number of rotatable bonds is 5.